The summed E-state index contributed by atoms with van der Waals surface area (Å²) >= 11 is 12.2. The van der Waals surface area contributed by atoms with Crippen molar-refractivity contribution in [1.29, 1.82) is 0 Å². The van der Waals surface area contributed by atoms with Crippen LogP contribution >= 0.6 is 23.2 Å². The number of nitrogens with one attached hydrogen (secondary N) is 1. The van der Waals surface area contributed by atoms with Gasteiger partial charge in [-0.25, -0.2) is 0 Å². The summed E-state index contributed by atoms with van der Waals surface area (Å²) in [6, 6.07) is 5.86. The third-order valence-corrected chi connectivity index (χ3v) is 6.16. The van der Waals surface area contributed by atoms with Crippen LogP contribution in [0.25, 0.3) is 0 Å². The summed E-state index contributed by atoms with van der Waals surface area (Å²) < 4.78 is 0. The average Bonchev–Trinajstić information content (AvgIpc) is 2.42. The van der Waals surface area contributed by atoms with Crippen molar-refractivity contribution < 1.29 is 10.0 Å². The van der Waals surface area contributed by atoms with Crippen LogP contribution in [0.3, 0.4) is 0 Å². The van der Waals surface area contributed by atoms with Gasteiger partial charge in [-0.05, 0) is 49.8 Å². The van der Waals surface area contributed by atoms with Crippen LogP contribution in [0.15, 0.2) is 18.2 Å². The van der Waals surface area contributed by atoms with Gasteiger partial charge in [0.25, 0.3) is 0 Å². The molecule has 2 N–H and O–H groups in total. The SMILES string of the molecule is O[C@H](C[NH+]1CCCCC1)C1(c2ccc(Cl)c(Cl)c2)CCC1. The van der Waals surface area contributed by atoms with Crippen LogP contribution in [0.5, 0.6) is 0 Å². The van der Waals surface area contributed by atoms with E-state index in [1.165, 1.54) is 38.8 Å². The second-order valence-electron chi connectivity index (χ2n) is 6.67. The van der Waals surface area contributed by atoms with Crippen molar-refractivity contribution in [3.8, 4) is 0 Å². The number of aliphatic hydroxyl groups excluding tert-OH is 1. The maximum Gasteiger partial charge on any atom is 0.112 e. The van der Waals surface area contributed by atoms with Crippen molar-refractivity contribution in [3.63, 3.8) is 0 Å². The summed E-state index contributed by atoms with van der Waals surface area (Å²) in [5, 5.41) is 12.1. The van der Waals surface area contributed by atoms with E-state index in [1.54, 1.807) is 4.90 Å². The smallest absolute Gasteiger partial charge is 0.112 e. The first-order valence-corrected chi connectivity index (χ1v) is 8.84. The molecule has 1 heterocycles. The molecule has 2 nitrogen and oxygen atoms in total. The molecular weight excluding hydrogens is 305 g/mol. The van der Waals surface area contributed by atoms with Crippen molar-refractivity contribution in [1.82, 2.24) is 0 Å². The van der Waals surface area contributed by atoms with Crippen LogP contribution in [0.2, 0.25) is 10.0 Å². The molecule has 2 fully saturated rings. The first-order chi connectivity index (χ1) is 10.1. The average molecular weight is 329 g/mol. The Morgan fingerprint density at radius 1 is 1.05 bits per heavy atom. The molecule has 1 aliphatic heterocycles. The van der Waals surface area contributed by atoms with Crippen LogP contribution in [0.4, 0.5) is 0 Å². The van der Waals surface area contributed by atoms with Crippen molar-refractivity contribution >= 4 is 23.2 Å². The molecule has 0 bridgehead atoms. The summed E-state index contributed by atoms with van der Waals surface area (Å²) in [5.41, 5.74) is 1.06. The van der Waals surface area contributed by atoms with E-state index in [9.17, 15) is 5.11 Å². The van der Waals surface area contributed by atoms with E-state index in [-0.39, 0.29) is 11.5 Å². The Bertz CT molecular complexity index is 496. The van der Waals surface area contributed by atoms with Gasteiger partial charge in [-0.15, -0.1) is 0 Å². The summed E-state index contributed by atoms with van der Waals surface area (Å²) in [4.78, 5) is 1.56. The van der Waals surface area contributed by atoms with Crippen molar-refractivity contribution in [3.05, 3.63) is 33.8 Å². The number of hydrogen-bond donors (Lipinski definition) is 2. The number of likely N-dealkylation sites (tertiary alicyclic amines) is 1. The second-order valence-corrected chi connectivity index (χ2v) is 7.48. The van der Waals surface area contributed by atoms with Crippen LogP contribution in [0.1, 0.15) is 44.1 Å². The number of rotatable bonds is 4. The Kier molecular flexibility index (Phi) is 4.80. The molecule has 0 unspecified atom stereocenters. The number of hydrogen-bond acceptors (Lipinski definition) is 1. The Morgan fingerprint density at radius 3 is 2.33 bits per heavy atom. The van der Waals surface area contributed by atoms with E-state index < -0.39 is 0 Å². The summed E-state index contributed by atoms with van der Waals surface area (Å²) in [6.07, 6.45) is 6.95. The van der Waals surface area contributed by atoms with Crippen molar-refractivity contribution in [2.24, 2.45) is 0 Å². The quantitative estimate of drug-likeness (QED) is 0.872. The number of halogens is 2. The Morgan fingerprint density at radius 2 is 1.76 bits per heavy atom. The van der Waals surface area contributed by atoms with E-state index in [0.29, 0.717) is 10.0 Å². The van der Waals surface area contributed by atoms with Gasteiger partial charge in [0.1, 0.15) is 12.6 Å². The molecular formula is C17H24Cl2NO+. The van der Waals surface area contributed by atoms with E-state index in [1.807, 2.05) is 18.2 Å². The van der Waals surface area contributed by atoms with Gasteiger partial charge < -0.3 is 10.0 Å². The molecule has 0 aromatic heterocycles. The molecule has 2 aliphatic rings. The van der Waals surface area contributed by atoms with Crippen LogP contribution in [0, 0.1) is 0 Å². The van der Waals surface area contributed by atoms with E-state index >= 15 is 0 Å². The number of aliphatic hydroxyl groups is 1. The van der Waals surface area contributed by atoms with Crippen LogP contribution in [-0.4, -0.2) is 30.8 Å². The standard InChI is InChI=1S/C17H23Cl2NO/c18-14-6-5-13(11-15(14)19)17(7-4-8-17)16(21)12-20-9-2-1-3-10-20/h5-6,11,16,21H,1-4,7-10,12H2/p+1/t16-/m1/s1. The molecule has 21 heavy (non-hydrogen) atoms. The maximum atomic E-state index is 10.9. The van der Waals surface area contributed by atoms with Gasteiger partial charge in [-0.3, -0.25) is 0 Å². The predicted octanol–water partition coefficient (Wildman–Crippen LogP) is 2.84. The number of quaternary nitrogens is 1. The second kappa shape index (κ2) is 6.45. The van der Waals surface area contributed by atoms with Gasteiger partial charge in [0.15, 0.2) is 0 Å². The summed E-state index contributed by atoms with van der Waals surface area (Å²) in [5.74, 6) is 0. The zero-order valence-electron chi connectivity index (χ0n) is 12.4. The van der Waals surface area contributed by atoms with E-state index in [4.69, 9.17) is 23.2 Å². The lowest BCUT2D eigenvalue weighted by Gasteiger charge is -2.46. The van der Waals surface area contributed by atoms with Gasteiger partial charge in [0.2, 0.25) is 0 Å². The lowest BCUT2D eigenvalue weighted by molar-refractivity contribution is -0.908. The van der Waals surface area contributed by atoms with E-state index in [0.717, 1.165) is 24.9 Å². The fourth-order valence-corrected chi connectivity index (χ4v) is 4.20. The molecule has 0 spiro atoms. The third-order valence-electron chi connectivity index (χ3n) is 5.42. The third kappa shape index (κ3) is 3.10. The highest BCUT2D eigenvalue weighted by molar-refractivity contribution is 6.42. The summed E-state index contributed by atoms with van der Waals surface area (Å²) in [7, 11) is 0. The highest BCUT2D eigenvalue weighted by atomic mass is 35.5. The largest absolute Gasteiger partial charge is 0.386 e. The Labute approximate surface area is 137 Å². The van der Waals surface area contributed by atoms with Gasteiger partial charge in [-0.1, -0.05) is 35.7 Å². The Balaban J connectivity index is 1.76. The fourth-order valence-electron chi connectivity index (χ4n) is 3.90. The molecule has 1 aromatic rings. The molecule has 116 valence electrons. The van der Waals surface area contributed by atoms with Gasteiger partial charge >= 0.3 is 0 Å². The minimum absolute atomic E-state index is 0.0985. The van der Waals surface area contributed by atoms with Crippen molar-refractivity contribution in [2.75, 3.05) is 19.6 Å². The lowest BCUT2D eigenvalue weighted by Crippen LogP contribution is -3.14. The molecule has 0 radical (unpaired) electrons. The normalized spacial score (nSPS) is 23.6. The molecule has 1 saturated heterocycles. The zero-order valence-corrected chi connectivity index (χ0v) is 13.9. The van der Waals surface area contributed by atoms with Gasteiger partial charge in [0.05, 0.1) is 23.1 Å². The molecule has 4 heteroatoms. The Hall–Kier alpha value is -0.280. The maximum absolute atomic E-state index is 10.9. The predicted molar refractivity (Wildman–Crippen MR) is 87.4 cm³/mol. The number of benzene rings is 1. The van der Waals surface area contributed by atoms with Crippen LogP contribution < -0.4 is 4.90 Å². The molecule has 1 aromatic carbocycles. The highest BCUT2D eigenvalue weighted by Gasteiger charge is 2.46. The zero-order chi connectivity index (χ0) is 14.9. The van der Waals surface area contributed by atoms with E-state index in [2.05, 4.69) is 0 Å². The highest BCUT2D eigenvalue weighted by Crippen LogP contribution is 2.47. The first-order valence-electron chi connectivity index (χ1n) is 8.09. The molecule has 1 atom stereocenters. The topological polar surface area (TPSA) is 24.7 Å². The monoisotopic (exact) mass is 328 g/mol. The summed E-state index contributed by atoms with van der Waals surface area (Å²) in [6.45, 7) is 3.27. The van der Waals surface area contributed by atoms with Gasteiger partial charge in [-0.2, -0.15) is 0 Å². The van der Waals surface area contributed by atoms with Gasteiger partial charge in [0, 0.05) is 5.41 Å². The lowest BCUT2D eigenvalue weighted by atomic mass is 9.61. The molecule has 3 rings (SSSR count). The minimum atomic E-state index is -0.281. The molecule has 0 amide bonds. The molecule has 1 saturated carbocycles. The first kappa shape index (κ1) is 15.6. The van der Waals surface area contributed by atoms with Crippen molar-refractivity contribution in [2.45, 2.75) is 50.0 Å². The fraction of sp³-hybridized carbons (Fsp3) is 0.647. The van der Waals surface area contributed by atoms with Crippen LogP contribution in [-0.2, 0) is 5.41 Å². The minimum Gasteiger partial charge on any atom is -0.386 e. The molecule has 1 aliphatic carbocycles. The number of piperidine rings is 1.